The van der Waals surface area contributed by atoms with E-state index in [0.717, 1.165) is 36.0 Å². The number of rotatable bonds is 7. The summed E-state index contributed by atoms with van der Waals surface area (Å²) < 4.78 is 13.0. The highest BCUT2D eigenvalue weighted by molar-refractivity contribution is 7.09. The molecule has 0 saturated heterocycles. The maximum absolute atomic E-state index is 13.0. The maximum Gasteiger partial charge on any atom is 0.123 e. The van der Waals surface area contributed by atoms with Gasteiger partial charge in [-0.05, 0) is 44.0 Å². The van der Waals surface area contributed by atoms with Gasteiger partial charge in [-0.3, -0.25) is 0 Å². The van der Waals surface area contributed by atoms with E-state index in [2.05, 4.69) is 27.5 Å². The minimum atomic E-state index is -0.197. The molecule has 0 aliphatic heterocycles. The van der Waals surface area contributed by atoms with E-state index in [4.69, 9.17) is 0 Å². The first-order chi connectivity index (χ1) is 10.2. The fraction of sp³-hybridized carbons (Fsp3) is 0.438. The molecule has 0 amide bonds. The van der Waals surface area contributed by atoms with E-state index in [1.807, 2.05) is 12.1 Å². The van der Waals surface area contributed by atoms with Gasteiger partial charge in [0.25, 0.3) is 0 Å². The zero-order valence-electron chi connectivity index (χ0n) is 12.2. The lowest BCUT2D eigenvalue weighted by Gasteiger charge is -2.22. The molecule has 1 aromatic heterocycles. The number of halogens is 1. The SMILES string of the molecule is CCN(Cc1csc(CNC2CC2)n1)c1ccc(F)cc1. The Hall–Kier alpha value is -1.46. The van der Waals surface area contributed by atoms with Crippen LogP contribution in [0.3, 0.4) is 0 Å². The number of hydrogen-bond acceptors (Lipinski definition) is 4. The van der Waals surface area contributed by atoms with Crippen LogP contribution < -0.4 is 10.2 Å². The molecule has 1 N–H and O–H groups in total. The fourth-order valence-corrected chi connectivity index (χ4v) is 2.99. The standard InChI is InChI=1S/C16H20FN3S/c1-2-20(15-7-3-12(17)4-8-15)10-14-11-21-16(19-14)9-18-13-5-6-13/h3-4,7-8,11,13,18H,2,5-6,9-10H2,1H3. The highest BCUT2D eigenvalue weighted by Gasteiger charge is 2.20. The van der Waals surface area contributed by atoms with Gasteiger partial charge in [-0.2, -0.15) is 0 Å². The number of thiazole rings is 1. The van der Waals surface area contributed by atoms with Crippen LogP contribution in [0.1, 0.15) is 30.5 Å². The van der Waals surface area contributed by atoms with E-state index in [-0.39, 0.29) is 5.82 Å². The molecular weight excluding hydrogens is 285 g/mol. The molecule has 1 fully saturated rings. The van der Waals surface area contributed by atoms with Crippen LogP contribution in [0.5, 0.6) is 0 Å². The topological polar surface area (TPSA) is 28.2 Å². The highest BCUT2D eigenvalue weighted by Crippen LogP contribution is 2.21. The van der Waals surface area contributed by atoms with Gasteiger partial charge in [-0.25, -0.2) is 9.37 Å². The average Bonchev–Trinajstić information content (AvgIpc) is 3.23. The van der Waals surface area contributed by atoms with Crippen molar-refractivity contribution in [3.63, 3.8) is 0 Å². The van der Waals surface area contributed by atoms with Gasteiger partial charge in [0.2, 0.25) is 0 Å². The van der Waals surface area contributed by atoms with Crippen molar-refractivity contribution < 1.29 is 4.39 Å². The average molecular weight is 305 g/mol. The lowest BCUT2D eigenvalue weighted by Crippen LogP contribution is -2.22. The van der Waals surface area contributed by atoms with Crippen LogP contribution in [0.15, 0.2) is 29.6 Å². The third-order valence-electron chi connectivity index (χ3n) is 3.64. The summed E-state index contributed by atoms with van der Waals surface area (Å²) in [6.07, 6.45) is 2.60. The molecule has 1 aromatic carbocycles. The van der Waals surface area contributed by atoms with Gasteiger partial charge in [0.15, 0.2) is 0 Å². The van der Waals surface area contributed by atoms with Crippen LogP contribution in [0.2, 0.25) is 0 Å². The Morgan fingerprint density at radius 2 is 2.10 bits per heavy atom. The molecule has 0 atom stereocenters. The van der Waals surface area contributed by atoms with Crippen LogP contribution in [0.25, 0.3) is 0 Å². The van der Waals surface area contributed by atoms with Crippen molar-refractivity contribution >= 4 is 17.0 Å². The highest BCUT2D eigenvalue weighted by atomic mass is 32.1. The number of nitrogens with one attached hydrogen (secondary N) is 1. The normalized spacial score (nSPS) is 14.4. The predicted octanol–water partition coefficient (Wildman–Crippen LogP) is 3.56. The van der Waals surface area contributed by atoms with Gasteiger partial charge in [0.05, 0.1) is 12.2 Å². The van der Waals surface area contributed by atoms with Crippen LogP contribution in [0, 0.1) is 5.82 Å². The molecule has 1 aliphatic carbocycles. The van der Waals surface area contributed by atoms with Crippen LogP contribution in [-0.2, 0) is 13.1 Å². The van der Waals surface area contributed by atoms with Crippen molar-refractivity contribution in [2.24, 2.45) is 0 Å². The van der Waals surface area contributed by atoms with Crippen molar-refractivity contribution in [2.75, 3.05) is 11.4 Å². The molecule has 0 radical (unpaired) electrons. The van der Waals surface area contributed by atoms with E-state index in [1.165, 1.54) is 25.0 Å². The third-order valence-corrected chi connectivity index (χ3v) is 4.54. The molecule has 0 bridgehead atoms. The van der Waals surface area contributed by atoms with Crippen molar-refractivity contribution in [1.29, 1.82) is 0 Å². The number of benzene rings is 1. The number of anilines is 1. The molecule has 1 aliphatic rings. The Bertz CT molecular complexity index is 577. The molecular formula is C16H20FN3S. The Balaban J connectivity index is 1.61. The van der Waals surface area contributed by atoms with Gasteiger partial charge in [0.1, 0.15) is 10.8 Å². The minimum Gasteiger partial charge on any atom is -0.366 e. The van der Waals surface area contributed by atoms with Gasteiger partial charge in [0, 0.05) is 30.2 Å². The predicted molar refractivity (Wildman–Crippen MR) is 85.1 cm³/mol. The molecule has 3 nitrogen and oxygen atoms in total. The third kappa shape index (κ3) is 4.02. The monoisotopic (exact) mass is 305 g/mol. The first kappa shape index (κ1) is 14.5. The summed E-state index contributed by atoms with van der Waals surface area (Å²) >= 11 is 1.71. The molecule has 21 heavy (non-hydrogen) atoms. The summed E-state index contributed by atoms with van der Waals surface area (Å²) in [5.74, 6) is -0.197. The van der Waals surface area contributed by atoms with Crippen LogP contribution in [0.4, 0.5) is 10.1 Å². The lowest BCUT2D eigenvalue weighted by atomic mass is 10.2. The summed E-state index contributed by atoms with van der Waals surface area (Å²) in [6, 6.07) is 7.36. The lowest BCUT2D eigenvalue weighted by molar-refractivity contribution is 0.627. The molecule has 3 rings (SSSR count). The molecule has 2 aromatic rings. The second-order valence-electron chi connectivity index (χ2n) is 5.38. The minimum absolute atomic E-state index is 0.197. The second-order valence-corrected chi connectivity index (χ2v) is 6.32. The summed E-state index contributed by atoms with van der Waals surface area (Å²) in [6.45, 7) is 4.62. The second kappa shape index (κ2) is 6.54. The van der Waals surface area contributed by atoms with E-state index >= 15 is 0 Å². The van der Waals surface area contributed by atoms with Crippen molar-refractivity contribution in [3.8, 4) is 0 Å². The first-order valence-corrected chi connectivity index (χ1v) is 8.29. The summed E-state index contributed by atoms with van der Waals surface area (Å²) in [5, 5.41) is 6.75. The molecule has 112 valence electrons. The fourth-order valence-electron chi connectivity index (χ4n) is 2.25. The summed E-state index contributed by atoms with van der Waals surface area (Å²) in [5.41, 5.74) is 2.11. The van der Waals surface area contributed by atoms with E-state index in [1.54, 1.807) is 11.3 Å². The Labute approximate surface area is 128 Å². The zero-order valence-corrected chi connectivity index (χ0v) is 13.0. The smallest absolute Gasteiger partial charge is 0.123 e. The van der Waals surface area contributed by atoms with E-state index < -0.39 is 0 Å². The van der Waals surface area contributed by atoms with Crippen molar-refractivity contribution in [2.45, 2.75) is 38.9 Å². The van der Waals surface area contributed by atoms with Gasteiger partial charge < -0.3 is 10.2 Å². The maximum atomic E-state index is 13.0. The summed E-state index contributed by atoms with van der Waals surface area (Å²) in [7, 11) is 0. The zero-order chi connectivity index (χ0) is 14.7. The molecule has 0 unspecified atom stereocenters. The van der Waals surface area contributed by atoms with Crippen LogP contribution >= 0.6 is 11.3 Å². The number of aromatic nitrogens is 1. The van der Waals surface area contributed by atoms with E-state index in [0.29, 0.717) is 6.04 Å². The number of nitrogens with zero attached hydrogens (tertiary/aromatic N) is 2. The first-order valence-electron chi connectivity index (χ1n) is 7.42. The van der Waals surface area contributed by atoms with Gasteiger partial charge in [-0.1, -0.05) is 0 Å². The quantitative estimate of drug-likeness (QED) is 0.848. The van der Waals surface area contributed by atoms with Crippen molar-refractivity contribution in [1.82, 2.24) is 10.3 Å². The van der Waals surface area contributed by atoms with Crippen LogP contribution in [-0.4, -0.2) is 17.6 Å². The Morgan fingerprint density at radius 1 is 1.33 bits per heavy atom. The molecule has 1 heterocycles. The van der Waals surface area contributed by atoms with Gasteiger partial charge in [-0.15, -0.1) is 11.3 Å². The number of hydrogen-bond donors (Lipinski definition) is 1. The molecule has 0 spiro atoms. The largest absolute Gasteiger partial charge is 0.366 e. The Morgan fingerprint density at radius 3 is 2.76 bits per heavy atom. The van der Waals surface area contributed by atoms with E-state index in [9.17, 15) is 4.39 Å². The molecule has 5 heteroatoms. The van der Waals surface area contributed by atoms with Gasteiger partial charge >= 0.3 is 0 Å². The summed E-state index contributed by atoms with van der Waals surface area (Å²) in [4.78, 5) is 6.88. The van der Waals surface area contributed by atoms with Crippen molar-refractivity contribution in [3.05, 3.63) is 46.2 Å². The molecule has 1 saturated carbocycles. The Kier molecular flexibility index (Phi) is 4.51.